The molecule has 0 atom stereocenters. The fraction of sp³-hybridized carbons (Fsp3) is 0.417. The molecule has 1 aliphatic heterocycles. The van der Waals surface area contributed by atoms with Crippen LogP contribution >= 0.6 is 0 Å². The molecule has 3 nitrogen and oxygen atoms in total. The Bertz CT molecular complexity index is 410. The average Bonchev–Trinajstić information content (AvgIpc) is 2.93. The van der Waals surface area contributed by atoms with Gasteiger partial charge < -0.3 is 10.6 Å². The first-order valence-corrected chi connectivity index (χ1v) is 5.47. The zero-order valence-electron chi connectivity index (χ0n) is 8.55. The van der Waals surface area contributed by atoms with Crippen LogP contribution in [0.1, 0.15) is 34.3 Å². The third kappa shape index (κ3) is 1.63. The van der Waals surface area contributed by atoms with Gasteiger partial charge in [0, 0.05) is 24.7 Å². The lowest BCUT2D eigenvalue weighted by molar-refractivity contribution is 0.0950. The maximum absolute atomic E-state index is 11.9. The Labute approximate surface area is 88.9 Å². The maximum Gasteiger partial charge on any atom is 0.251 e. The first kappa shape index (κ1) is 8.92. The number of fused-ring (bicyclic) bond motifs is 1. The molecule has 0 spiro atoms. The van der Waals surface area contributed by atoms with Crippen LogP contribution in [0.5, 0.6) is 0 Å². The van der Waals surface area contributed by atoms with E-state index in [4.69, 9.17) is 0 Å². The molecule has 1 aromatic rings. The van der Waals surface area contributed by atoms with Gasteiger partial charge in [0.2, 0.25) is 0 Å². The standard InChI is InChI=1S/C12H14N2O/c15-12(14-9-4-5-9)10-3-1-2-8-6-13-7-11(8)10/h1-3,9,13H,4-7H2,(H,14,15). The predicted molar refractivity (Wildman–Crippen MR) is 57.5 cm³/mol. The Morgan fingerprint density at radius 2 is 2.20 bits per heavy atom. The average molecular weight is 202 g/mol. The molecule has 0 radical (unpaired) electrons. The number of hydrogen-bond acceptors (Lipinski definition) is 2. The van der Waals surface area contributed by atoms with Crippen LogP contribution in [-0.4, -0.2) is 11.9 Å². The molecular weight excluding hydrogens is 188 g/mol. The highest BCUT2D eigenvalue weighted by Crippen LogP contribution is 2.22. The van der Waals surface area contributed by atoms with Crippen molar-refractivity contribution in [3.05, 3.63) is 34.9 Å². The number of amides is 1. The summed E-state index contributed by atoms with van der Waals surface area (Å²) in [5.41, 5.74) is 3.29. The summed E-state index contributed by atoms with van der Waals surface area (Å²) in [5, 5.41) is 6.31. The summed E-state index contributed by atoms with van der Waals surface area (Å²) < 4.78 is 0. The van der Waals surface area contributed by atoms with Crippen LogP contribution < -0.4 is 10.6 Å². The van der Waals surface area contributed by atoms with Crippen LogP contribution in [-0.2, 0) is 13.1 Å². The van der Waals surface area contributed by atoms with E-state index in [2.05, 4.69) is 16.7 Å². The minimum Gasteiger partial charge on any atom is -0.349 e. The second kappa shape index (κ2) is 3.35. The van der Waals surface area contributed by atoms with E-state index in [0.717, 1.165) is 31.5 Å². The molecule has 0 unspecified atom stereocenters. The molecule has 3 rings (SSSR count). The Morgan fingerprint density at radius 1 is 1.33 bits per heavy atom. The van der Waals surface area contributed by atoms with Crippen LogP contribution in [0.15, 0.2) is 18.2 Å². The second-order valence-electron chi connectivity index (χ2n) is 4.29. The fourth-order valence-corrected chi connectivity index (χ4v) is 2.03. The maximum atomic E-state index is 11.9. The van der Waals surface area contributed by atoms with E-state index < -0.39 is 0 Å². The topological polar surface area (TPSA) is 41.1 Å². The first-order valence-electron chi connectivity index (χ1n) is 5.47. The number of nitrogens with one attached hydrogen (secondary N) is 2. The van der Waals surface area contributed by atoms with Gasteiger partial charge in [-0.3, -0.25) is 4.79 Å². The van der Waals surface area contributed by atoms with Crippen LogP contribution in [0.3, 0.4) is 0 Å². The molecule has 1 fully saturated rings. The zero-order valence-corrected chi connectivity index (χ0v) is 8.55. The zero-order chi connectivity index (χ0) is 10.3. The molecule has 0 bridgehead atoms. The number of rotatable bonds is 2. The molecule has 1 saturated carbocycles. The van der Waals surface area contributed by atoms with Crippen molar-refractivity contribution in [2.24, 2.45) is 0 Å². The van der Waals surface area contributed by atoms with Crippen LogP contribution in [0.25, 0.3) is 0 Å². The summed E-state index contributed by atoms with van der Waals surface area (Å²) in [6, 6.07) is 6.41. The molecule has 1 aromatic carbocycles. The number of hydrogen-bond donors (Lipinski definition) is 2. The Balaban J connectivity index is 1.90. The molecule has 15 heavy (non-hydrogen) atoms. The van der Waals surface area contributed by atoms with E-state index in [1.165, 1.54) is 11.1 Å². The number of carbonyl (C=O) groups excluding carboxylic acids is 1. The lowest BCUT2D eigenvalue weighted by Crippen LogP contribution is -2.26. The van der Waals surface area contributed by atoms with E-state index in [-0.39, 0.29) is 5.91 Å². The van der Waals surface area contributed by atoms with Crippen molar-refractivity contribution in [2.45, 2.75) is 32.0 Å². The van der Waals surface area contributed by atoms with E-state index in [1.807, 2.05) is 12.1 Å². The van der Waals surface area contributed by atoms with E-state index in [9.17, 15) is 4.79 Å². The molecule has 0 aromatic heterocycles. The van der Waals surface area contributed by atoms with Crippen LogP contribution in [0.4, 0.5) is 0 Å². The van der Waals surface area contributed by atoms with Gasteiger partial charge in [-0.25, -0.2) is 0 Å². The van der Waals surface area contributed by atoms with Gasteiger partial charge in [0.25, 0.3) is 5.91 Å². The molecular formula is C12H14N2O. The van der Waals surface area contributed by atoms with Crippen molar-refractivity contribution in [1.29, 1.82) is 0 Å². The lowest BCUT2D eigenvalue weighted by atomic mass is 10.0. The molecule has 78 valence electrons. The molecule has 2 aliphatic rings. The number of benzene rings is 1. The van der Waals surface area contributed by atoms with Crippen molar-refractivity contribution in [1.82, 2.24) is 10.6 Å². The van der Waals surface area contributed by atoms with Crippen molar-refractivity contribution in [3.63, 3.8) is 0 Å². The summed E-state index contributed by atoms with van der Waals surface area (Å²) in [4.78, 5) is 11.9. The van der Waals surface area contributed by atoms with E-state index >= 15 is 0 Å². The van der Waals surface area contributed by atoms with Crippen LogP contribution in [0.2, 0.25) is 0 Å². The lowest BCUT2D eigenvalue weighted by Gasteiger charge is -2.07. The van der Waals surface area contributed by atoms with E-state index in [1.54, 1.807) is 0 Å². The highest BCUT2D eigenvalue weighted by atomic mass is 16.1. The Hall–Kier alpha value is -1.35. The third-order valence-electron chi connectivity index (χ3n) is 3.05. The summed E-state index contributed by atoms with van der Waals surface area (Å²) in [6.45, 7) is 1.71. The molecule has 1 amide bonds. The minimum absolute atomic E-state index is 0.0954. The highest BCUT2D eigenvalue weighted by molar-refractivity contribution is 5.96. The highest BCUT2D eigenvalue weighted by Gasteiger charge is 2.25. The molecule has 0 saturated heterocycles. The van der Waals surface area contributed by atoms with Crippen molar-refractivity contribution in [3.8, 4) is 0 Å². The second-order valence-corrected chi connectivity index (χ2v) is 4.29. The smallest absolute Gasteiger partial charge is 0.251 e. The Morgan fingerprint density at radius 3 is 3.00 bits per heavy atom. The SMILES string of the molecule is O=C(NC1CC1)c1cccc2c1CNC2. The molecule has 1 heterocycles. The van der Waals surface area contributed by atoms with Gasteiger partial charge in [-0.2, -0.15) is 0 Å². The molecule has 3 heteroatoms. The van der Waals surface area contributed by atoms with Gasteiger partial charge in [0.05, 0.1) is 0 Å². The number of carbonyl (C=O) groups is 1. The normalized spacial score (nSPS) is 18.7. The van der Waals surface area contributed by atoms with E-state index in [0.29, 0.717) is 6.04 Å². The molecule has 2 N–H and O–H groups in total. The molecule has 1 aliphatic carbocycles. The fourth-order valence-electron chi connectivity index (χ4n) is 2.03. The quantitative estimate of drug-likeness (QED) is 0.756. The van der Waals surface area contributed by atoms with Gasteiger partial charge in [-0.15, -0.1) is 0 Å². The van der Waals surface area contributed by atoms with Crippen LogP contribution in [0, 0.1) is 0 Å². The van der Waals surface area contributed by atoms with Crippen molar-refractivity contribution >= 4 is 5.91 Å². The predicted octanol–water partition coefficient (Wildman–Crippen LogP) is 1.18. The van der Waals surface area contributed by atoms with Crippen molar-refractivity contribution in [2.75, 3.05) is 0 Å². The van der Waals surface area contributed by atoms with Gasteiger partial charge >= 0.3 is 0 Å². The van der Waals surface area contributed by atoms with Gasteiger partial charge in [-0.1, -0.05) is 12.1 Å². The van der Waals surface area contributed by atoms with Crippen molar-refractivity contribution < 1.29 is 4.79 Å². The van der Waals surface area contributed by atoms with Gasteiger partial charge in [0.15, 0.2) is 0 Å². The summed E-state index contributed by atoms with van der Waals surface area (Å²) in [5.74, 6) is 0.0954. The van der Waals surface area contributed by atoms with Gasteiger partial charge in [0.1, 0.15) is 0 Å². The Kier molecular flexibility index (Phi) is 1.99. The largest absolute Gasteiger partial charge is 0.349 e. The monoisotopic (exact) mass is 202 g/mol. The third-order valence-corrected chi connectivity index (χ3v) is 3.05. The van der Waals surface area contributed by atoms with Gasteiger partial charge in [-0.05, 0) is 30.0 Å². The summed E-state index contributed by atoms with van der Waals surface area (Å²) >= 11 is 0. The summed E-state index contributed by atoms with van der Waals surface area (Å²) in [7, 11) is 0. The minimum atomic E-state index is 0.0954. The summed E-state index contributed by atoms with van der Waals surface area (Å²) in [6.07, 6.45) is 2.28. The first-order chi connectivity index (χ1) is 7.34.